The number of aliphatic hydroxyl groups excluding tert-OH is 2. The molecule has 0 fully saturated rings. The molecular formula is C16H12F2N2O2. The molecule has 2 N–H and O–H groups in total. The topological polar surface area (TPSA) is 88.0 Å². The van der Waals surface area contributed by atoms with Gasteiger partial charge in [-0.15, -0.1) is 0 Å². The summed E-state index contributed by atoms with van der Waals surface area (Å²) in [6.07, 6.45) is 0. The molecule has 2 aromatic rings. The van der Waals surface area contributed by atoms with Gasteiger partial charge in [0.05, 0.1) is 36.5 Å². The van der Waals surface area contributed by atoms with Gasteiger partial charge < -0.3 is 10.2 Å². The van der Waals surface area contributed by atoms with E-state index in [9.17, 15) is 8.78 Å². The van der Waals surface area contributed by atoms with E-state index in [2.05, 4.69) is 0 Å². The Labute approximate surface area is 126 Å². The molecule has 0 saturated heterocycles. The molecule has 0 amide bonds. The normalized spacial score (nSPS) is 9.18. The standard InChI is InChI=1S/2C8H6FNO/c2*9-8-2-1-6(4-10)7(3-8)5-11/h2*1-3,11H,5H2. The van der Waals surface area contributed by atoms with Crippen molar-refractivity contribution in [3.05, 3.63) is 70.3 Å². The Bertz CT molecular complexity index is 670. The largest absolute Gasteiger partial charge is 0.392 e. The van der Waals surface area contributed by atoms with E-state index in [1.165, 1.54) is 24.3 Å². The van der Waals surface area contributed by atoms with E-state index in [0.717, 1.165) is 12.1 Å². The molecule has 0 aliphatic rings. The number of benzene rings is 2. The smallest absolute Gasteiger partial charge is 0.123 e. The van der Waals surface area contributed by atoms with Crippen molar-refractivity contribution in [3.63, 3.8) is 0 Å². The Morgan fingerprint density at radius 2 is 1.14 bits per heavy atom. The van der Waals surface area contributed by atoms with Crippen LogP contribution in [0.3, 0.4) is 0 Å². The molecule has 0 atom stereocenters. The minimum atomic E-state index is -0.437. The zero-order chi connectivity index (χ0) is 16.5. The Balaban J connectivity index is 0.000000220. The number of hydrogen-bond donors (Lipinski definition) is 2. The second kappa shape index (κ2) is 8.48. The maximum atomic E-state index is 12.4. The number of nitriles is 2. The Hall–Kier alpha value is -2.80. The van der Waals surface area contributed by atoms with E-state index in [4.69, 9.17) is 20.7 Å². The summed E-state index contributed by atoms with van der Waals surface area (Å²) in [4.78, 5) is 0. The molecule has 22 heavy (non-hydrogen) atoms. The van der Waals surface area contributed by atoms with Crippen molar-refractivity contribution in [2.24, 2.45) is 0 Å². The van der Waals surface area contributed by atoms with Gasteiger partial charge in [0.15, 0.2) is 0 Å². The number of aliphatic hydroxyl groups is 2. The first-order valence-corrected chi connectivity index (χ1v) is 6.14. The van der Waals surface area contributed by atoms with E-state index in [-0.39, 0.29) is 13.2 Å². The van der Waals surface area contributed by atoms with Gasteiger partial charge in [-0.3, -0.25) is 0 Å². The van der Waals surface area contributed by atoms with Crippen molar-refractivity contribution in [1.29, 1.82) is 10.5 Å². The molecule has 2 aromatic carbocycles. The zero-order valence-electron chi connectivity index (χ0n) is 11.4. The van der Waals surface area contributed by atoms with Crippen molar-refractivity contribution in [3.8, 4) is 12.1 Å². The predicted molar refractivity (Wildman–Crippen MR) is 74.1 cm³/mol. The van der Waals surface area contributed by atoms with Gasteiger partial charge in [-0.1, -0.05) is 0 Å². The minimum absolute atomic E-state index is 0.305. The highest BCUT2D eigenvalue weighted by molar-refractivity contribution is 5.37. The molecule has 6 heteroatoms. The van der Waals surface area contributed by atoms with Gasteiger partial charge in [-0.2, -0.15) is 10.5 Å². The van der Waals surface area contributed by atoms with Crippen LogP contribution < -0.4 is 0 Å². The van der Waals surface area contributed by atoms with Crippen LogP contribution >= 0.6 is 0 Å². The SMILES string of the molecule is N#Cc1ccc(F)cc1CO.N#Cc1ccc(F)cc1CO. The number of nitrogens with zero attached hydrogens (tertiary/aromatic N) is 2. The fraction of sp³-hybridized carbons (Fsp3) is 0.125. The monoisotopic (exact) mass is 302 g/mol. The second-order valence-corrected chi connectivity index (χ2v) is 4.14. The Kier molecular flexibility index (Phi) is 6.65. The molecule has 2 rings (SSSR count). The highest BCUT2D eigenvalue weighted by Crippen LogP contribution is 2.10. The molecule has 0 radical (unpaired) electrons. The van der Waals surface area contributed by atoms with Crippen LogP contribution in [0, 0.1) is 34.3 Å². The summed E-state index contributed by atoms with van der Waals surface area (Å²) in [6, 6.07) is 11.1. The second-order valence-electron chi connectivity index (χ2n) is 4.14. The fourth-order valence-electron chi connectivity index (χ4n) is 1.60. The van der Waals surface area contributed by atoms with Crippen LogP contribution in [0.15, 0.2) is 36.4 Å². The third-order valence-electron chi connectivity index (χ3n) is 2.72. The summed E-state index contributed by atoms with van der Waals surface area (Å²) in [5, 5.41) is 34.2. The highest BCUT2D eigenvalue weighted by Gasteiger charge is 2.01. The first-order valence-electron chi connectivity index (χ1n) is 6.14. The van der Waals surface area contributed by atoms with Gasteiger partial charge in [0.2, 0.25) is 0 Å². The average molecular weight is 302 g/mol. The van der Waals surface area contributed by atoms with Crippen LogP contribution in [-0.4, -0.2) is 10.2 Å². The fourth-order valence-corrected chi connectivity index (χ4v) is 1.60. The number of rotatable bonds is 2. The van der Waals surface area contributed by atoms with Crippen LogP contribution in [0.25, 0.3) is 0 Å². The third-order valence-corrected chi connectivity index (χ3v) is 2.72. The van der Waals surface area contributed by atoms with Gasteiger partial charge >= 0.3 is 0 Å². The van der Waals surface area contributed by atoms with E-state index in [0.29, 0.717) is 22.3 Å². The van der Waals surface area contributed by atoms with Crippen molar-refractivity contribution in [2.75, 3.05) is 0 Å². The van der Waals surface area contributed by atoms with Crippen LogP contribution in [0.5, 0.6) is 0 Å². The van der Waals surface area contributed by atoms with Gasteiger partial charge in [0.1, 0.15) is 11.6 Å². The van der Waals surface area contributed by atoms with E-state index >= 15 is 0 Å². The third kappa shape index (κ3) is 4.64. The van der Waals surface area contributed by atoms with Crippen molar-refractivity contribution < 1.29 is 19.0 Å². The Morgan fingerprint density at radius 1 is 0.773 bits per heavy atom. The van der Waals surface area contributed by atoms with Gasteiger partial charge in [0, 0.05) is 0 Å². The number of halogens is 2. The van der Waals surface area contributed by atoms with Gasteiger partial charge in [0.25, 0.3) is 0 Å². The van der Waals surface area contributed by atoms with Crippen LogP contribution in [-0.2, 0) is 13.2 Å². The molecule has 0 heterocycles. The first kappa shape index (κ1) is 17.3. The van der Waals surface area contributed by atoms with E-state index in [1.54, 1.807) is 0 Å². The molecule has 0 aliphatic heterocycles. The Morgan fingerprint density at radius 3 is 1.41 bits per heavy atom. The summed E-state index contributed by atoms with van der Waals surface area (Å²) in [6.45, 7) is -0.610. The lowest BCUT2D eigenvalue weighted by Crippen LogP contribution is -1.90. The maximum Gasteiger partial charge on any atom is 0.123 e. The number of hydrogen-bond acceptors (Lipinski definition) is 4. The van der Waals surface area contributed by atoms with Crippen LogP contribution in [0.2, 0.25) is 0 Å². The molecule has 0 aromatic heterocycles. The lowest BCUT2D eigenvalue weighted by molar-refractivity contribution is 0.280. The minimum Gasteiger partial charge on any atom is -0.392 e. The summed E-state index contributed by atoms with van der Waals surface area (Å²) in [7, 11) is 0. The molecule has 0 bridgehead atoms. The van der Waals surface area contributed by atoms with Gasteiger partial charge in [-0.25, -0.2) is 8.78 Å². The van der Waals surface area contributed by atoms with Crippen molar-refractivity contribution in [2.45, 2.75) is 13.2 Å². The lowest BCUT2D eigenvalue weighted by Gasteiger charge is -1.97. The van der Waals surface area contributed by atoms with Crippen molar-refractivity contribution in [1.82, 2.24) is 0 Å². The zero-order valence-corrected chi connectivity index (χ0v) is 11.4. The molecule has 0 unspecified atom stereocenters. The maximum absolute atomic E-state index is 12.4. The molecule has 4 nitrogen and oxygen atoms in total. The first-order chi connectivity index (χ1) is 10.5. The lowest BCUT2D eigenvalue weighted by atomic mass is 10.1. The van der Waals surface area contributed by atoms with E-state index < -0.39 is 11.6 Å². The van der Waals surface area contributed by atoms with E-state index in [1.807, 2.05) is 12.1 Å². The summed E-state index contributed by atoms with van der Waals surface area (Å²) >= 11 is 0. The molecule has 112 valence electrons. The van der Waals surface area contributed by atoms with Crippen LogP contribution in [0.1, 0.15) is 22.3 Å². The molecular weight excluding hydrogens is 290 g/mol. The predicted octanol–water partition coefficient (Wildman–Crippen LogP) is 2.38. The molecule has 0 aliphatic carbocycles. The van der Waals surface area contributed by atoms with Crippen LogP contribution in [0.4, 0.5) is 8.78 Å². The highest BCUT2D eigenvalue weighted by atomic mass is 19.1. The molecule has 0 saturated carbocycles. The summed E-state index contributed by atoms with van der Waals surface area (Å²) < 4.78 is 24.9. The quantitative estimate of drug-likeness (QED) is 0.891. The summed E-state index contributed by atoms with van der Waals surface area (Å²) in [5.74, 6) is -0.874. The average Bonchev–Trinajstić information content (AvgIpc) is 2.55. The van der Waals surface area contributed by atoms with Gasteiger partial charge in [-0.05, 0) is 47.5 Å². The summed E-state index contributed by atoms with van der Waals surface area (Å²) in [5.41, 5.74) is 1.28. The van der Waals surface area contributed by atoms with Crippen molar-refractivity contribution >= 4 is 0 Å². The molecule has 0 spiro atoms.